The zero-order chi connectivity index (χ0) is 18.7. The van der Waals surface area contributed by atoms with Gasteiger partial charge >= 0.3 is 0 Å². The van der Waals surface area contributed by atoms with Crippen molar-refractivity contribution in [3.8, 4) is 5.69 Å². The van der Waals surface area contributed by atoms with Crippen LogP contribution >= 0.6 is 0 Å². The smallest absolute Gasteiger partial charge is 0.275 e. The maximum absolute atomic E-state index is 14.1. The molecule has 1 N–H and O–H groups in total. The number of nitrogens with one attached hydrogen (secondary N) is 1. The molecule has 2 atom stereocenters. The van der Waals surface area contributed by atoms with E-state index in [4.69, 9.17) is 4.74 Å². The lowest BCUT2D eigenvalue weighted by molar-refractivity contribution is 0.00300. The molecule has 1 amide bonds. The molecule has 0 unspecified atom stereocenters. The van der Waals surface area contributed by atoms with E-state index in [2.05, 4.69) is 10.4 Å². The summed E-state index contributed by atoms with van der Waals surface area (Å²) in [6.07, 6.45) is 1.90. The number of ether oxygens (including phenoxy) is 1. The van der Waals surface area contributed by atoms with Gasteiger partial charge in [-0.2, -0.15) is 5.10 Å². The van der Waals surface area contributed by atoms with Gasteiger partial charge in [-0.1, -0.05) is 12.1 Å². The molecule has 1 saturated heterocycles. The number of amides is 1. The highest BCUT2D eigenvalue weighted by Gasteiger charge is 2.22. The van der Waals surface area contributed by atoms with Gasteiger partial charge in [0.2, 0.25) is 5.43 Å². The Balaban J connectivity index is 1.81. The summed E-state index contributed by atoms with van der Waals surface area (Å²) in [5.74, 6) is -0.713. The van der Waals surface area contributed by atoms with Gasteiger partial charge < -0.3 is 10.1 Å². The first-order valence-corrected chi connectivity index (χ1v) is 8.71. The Hall–Kier alpha value is -2.54. The predicted molar refractivity (Wildman–Crippen MR) is 95.0 cm³/mol. The van der Waals surface area contributed by atoms with Crippen LogP contribution in [0.25, 0.3) is 5.69 Å². The molecular weight excluding hydrogens is 337 g/mol. The molecule has 0 saturated carbocycles. The molecule has 1 fully saturated rings. The number of carbonyl (C=O) groups excluding carboxylic acids is 1. The number of halogens is 1. The lowest BCUT2D eigenvalue weighted by Crippen LogP contribution is -2.37. The Morgan fingerprint density at radius 2 is 2.19 bits per heavy atom. The van der Waals surface area contributed by atoms with Gasteiger partial charge in [0.05, 0.1) is 6.10 Å². The van der Waals surface area contributed by atoms with Gasteiger partial charge in [-0.15, -0.1) is 0 Å². The second-order valence-corrected chi connectivity index (χ2v) is 6.64. The maximum Gasteiger partial charge on any atom is 0.275 e. The van der Waals surface area contributed by atoms with E-state index < -0.39 is 17.2 Å². The normalized spacial score (nSPS) is 20.0. The van der Waals surface area contributed by atoms with Crippen LogP contribution in [0.15, 0.2) is 35.1 Å². The summed E-state index contributed by atoms with van der Waals surface area (Å²) in [5.41, 5.74) is -0.0703. The minimum Gasteiger partial charge on any atom is -0.378 e. The van der Waals surface area contributed by atoms with E-state index in [1.165, 1.54) is 16.8 Å². The van der Waals surface area contributed by atoms with Gasteiger partial charge in [0, 0.05) is 24.9 Å². The van der Waals surface area contributed by atoms with E-state index in [0.29, 0.717) is 24.8 Å². The molecule has 1 aromatic heterocycles. The average Bonchev–Trinajstić information content (AvgIpc) is 2.61. The van der Waals surface area contributed by atoms with E-state index in [0.717, 1.165) is 12.8 Å². The van der Waals surface area contributed by atoms with Crippen molar-refractivity contribution in [3.05, 3.63) is 57.8 Å². The average molecular weight is 359 g/mol. The highest BCUT2D eigenvalue weighted by Crippen LogP contribution is 2.19. The Morgan fingerprint density at radius 3 is 2.92 bits per heavy atom. The SMILES string of the molecule is Cc1cc(=O)c(C(=O)NC[C@@H]2CCO[C@@H](C)C2)nn1-c1ccccc1F. The summed E-state index contributed by atoms with van der Waals surface area (Å²) >= 11 is 0. The van der Waals surface area contributed by atoms with Gasteiger partial charge in [-0.3, -0.25) is 9.59 Å². The van der Waals surface area contributed by atoms with Crippen LogP contribution in [0.4, 0.5) is 4.39 Å². The second kappa shape index (κ2) is 7.78. The van der Waals surface area contributed by atoms with Crippen molar-refractivity contribution in [1.82, 2.24) is 15.1 Å². The van der Waals surface area contributed by atoms with Crippen molar-refractivity contribution < 1.29 is 13.9 Å². The van der Waals surface area contributed by atoms with E-state index in [1.54, 1.807) is 25.1 Å². The molecule has 0 bridgehead atoms. The summed E-state index contributed by atoms with van der Waals surface area (Å²) in [6.45, 7) is 4.78. The molecule has 2 heterocycles. The van der Waals surface area contributed by atoms with Crippen LogP contribution in [-0.4, -0.2) is 34.9 Å². The standard InChI is InChI=1S/C19H22FN3O3/c1-12-9-17(24)18(22-23(12)16-6-4-3-5-15(16)20)19(25)21-11-14-7-8-26-13(2)10-14/h3-6,9,13-14H,7-8,10-11H2,1-2H3,(H,21,25)/t13-,14+/m0/s1. The largest absolute Gasteiger partial charge is 0.378 e. The van der Waals surface area contributed by atoms with E-state index in [9.17, 15) is 14.0 Å². The Morgan fingerprint density at radius 1 is 1.42 bits per heavy atom. The minimum absolute atomic E-state index is 0.168. The predicted octanol–water partition coefficient (Wildman–Crippen LogP) is 2.22. The molecule has 6 nitrogen and oxygen atoms in total. The molecule has 1 aromatic carbocycles. The quantitative estimate of drug-likeness (QED) is 0.909. The first kappa shape index (κ1) is 18.3. The highest BCUT2D eigenvalue weighted by atomic mass is 19.1. The molecule has 1 aliphatic heterocycles. The summed E-state index contributed by atoms with van der Waals surface area (Å²) in [5, 5.41) is 6.89. The van der Waals surface area contributed by atoms with Gasteiger partial charge in [-0.05, 0) is 44.7 Å². The molecule has 0 aliphatic carbocycles. The number of hydrogen-bond donors (Lipinski definition) is 1. The van der Waals surface area contributed by atoms with Crippen molar-refractivity contribution >= 4 is 5.91 Å². The van der Waals surface area contributed by atoms with Crippen LogP contribution in [-0.2, 0) is 4.74 Å². The van der Waals surface area contributed by atoms with E-state index >= 15 is 0 Å². The third-order valence-electron chi connectivity index (χ3n) is 4.55. The lowest BCUT2D eigenvalue weighted by Gasteiger charge is -2.27. The van der Waals surface area contributed by atoms with Crippen molar-refractivity contribution in [2.75, 3.05) is 13.2 Å². The highest BCUT2D eigenvalue weighted by molar-refractivity contribution is 5.92. The van der Waals surface area contributed by atoms with Gasteiger partial charge in [-0.25, -0.2) is 9.07 Å². The number of rotatable bonds is 4. The zero-order valence-electron chi connectivity index (χ0n) is 14.9. The van der Waals surface area contributed by atoms with Crippen molar-refractivity contribution in [2.45, 2.75) is 32.8 Å². The van der Waals surface area contributed by atoms with E-state index in [1.807, 2.05) is 6.92 Å². The number of aryl methyl sites for hydroxylation is 1. The third-order valence-corrected chi connectivity index (χ3v) is 4.55. The molecule has 3 rings (SSSR count). The van der Waals surface area contributed by atoms with Crippen molar-refractivity contribution in [1.29, 1.82) is 0 Å². The van der Waals surface area contributed by atoms with Crippen LogP contribution in [0.3, 0.4) is 0 Å². The van der Waals surface area contributed by atoms with Gasteiger partial charge in [0.15, 0.2) is 5.69 Å². The fourth-order valence-corrected chi connectivity index (χ4v) is 3.17. The van der Waals surface area contributed by atoms with Crippen LogP contribution in [0, 0.1) is 18.7 Å². The lowest BCUT2D eigenvalue weighted by atomic mass is 9.96. The van der Waals surface area contributed by atoms with Crippen LogP contribution in [0.5, 0.6) is 0 Å². The number of benzene rings is 1. The monoisotopic (exact) mass is 359 g/mol. The molecule has 26 heavy (non-hydrogen) atoms. The Kier molecular flexibility index (Phi) is 5.46. The van der Waals surface area contributed by atoms with Crippen LogP contribution in [0.1, 0.15) is 35.9 Å². The Bertz CT molecular complexity index is 865. The maximum atomic E-state index is 14.1. The molecule has 0 spiro atoms. The molecule has 7 heteroatoms. The van der Waals surface area contributed by atoms with Crippen LogP contribution in [0.2, 0.25) is 0 Å². The molecule has 138 valence electrons. The molecule has 2 aromatic rings. The molecular formula is C19H22FN3O3. The number of nitrogens with zero attached hydrogens (tertiary/aromatic N) is 2. The van der Waals surface area contributed by atoms with Gasteiger partial charge in [0.1, 0.15) is 11.5 Å². The summed E-state index contributed by atoms with van der Waals surface area (Å²) in [4.78, 5) is 24.7. The number of carbonyl (C=O) groups is 1. The number of para-hydroxylation sites is 1. The fourth-order valence-electron chi connectivity index (χ4n) is 3.17. The van der Waals surface area contributed by atoms with Crippen LogP contribution < -0.4 is 10.7 Å². The Labute approximate surface area is 151 Å². The zero-order valence-corrected chi connectivity index (χ0v) is 14.9. The summed E-state index contributed by atoms with van der Waals surface area (Å²) in [7, 11) is 0. The van der Waals surface area contributed by atoms with E-state index in [-0.39, 0.29) is 17.5 Å². The van der Waals surface area contributed by atoms with Gasteiger partial charge in [0.25, 0.3) is 5.91 Å². The third kappa shape index (κ3) is 3.99. The molecule has 1 aliphatic rings. The topological polar surface area (TPSA) is 73.2 Å². The number of aromatic nitrogens is 2. The fraction of sp³-hybridized carbons (Fsp3) is 0.421. The first-order chi connectivity index (χ1) is 12.5. The first-order valence-electron chi connectivity index (χ1n) is 8.71. The van der Waals surface area contributed by atoms with Crippen molar-refractivity contribution in [3.63, 3.8) is 0 Å². The second-order valence-electron chi connectivity index (χ2n) is 6.64. The van der Waals surface area contributed by atoms with Crippen molar-refractivity contribution in [2.24, 2.45) is 5.92 Å². The minimum atomic E-state index is -0.542. The number of hydrogen-bond acceptors (Lipinski definition) is 4. The molecule has 0 radical (unpaired) electrons. The summed E-state index contributed by atoms with van der Waals surface area (Å²) in [6, 6.07) is 7.39. The summed E-state index contributed by atoms with van der Waals surface area (Å²) < 4.78 is 20.8.